The molecular formula is C20H26N4O3. The number of hydrogen-bond acceptors (Lipinski definition) is 4. The molecule has 0 spiro atoms. The fraction of sp³-hybridized carbons (Fsp3) is 0.600. The number of nitrogens with zero attached hydrogens (tertiary/aromatic N) is 4. The fourth-order valence-corrected chi connectivity index (χ4v) is 4.80. The normalized spacial score (nSPS) is 25.7. The lowest BCUT2D eigenvalue weighted by Gasteiger charge is -2.25. The van der Waals surface area contributed by atoms with Crippen molar-refractivity contribution in [3.05, 3.63) is 23.5 Å². The van der Waals surface area contributed by atoms with Gasteiger partial charge in [-0.1, -0.05) is 13.3 Å². The Morgan fingerprint density at radius 3 is 2.85 bits per heavy atom. The predicted molar refractivity (Wildman–Crippen MR) is 101 cm³/mol. The molecule has 7 nitrogen and oxygen atoms in total. The van der Waals surface area contributed by atoms with Crippen LogP contribution in [0.25, 0.3) is 11.0 Å². The molecule has 1 aliphatic heterocycles. The standard InChI is InChI=1S/C20H26N4O3/c1-4-12(3)24-18-16(9-21-24)15(8-11(2)22-18)19(25)23-10-13-6-5-7-14(13)17(23)20(26)27/h8-9,12-14,17H,4-7,10H2,1-3H3,(H,26,27). The van der Waals surface area contributed by atoms with Gasteiger partial charge in [0.05, 0.1) is 23.2 Å². The van der Waals surface area contributed by atoms with Crippen LogP contribution in [0.5, 0.6) is 0 Å². The summed E-state index contributed by atoms with van der Waals surface area (Å²) in [5, 5.41) is 14.9. The van der Waals surface area contributed by atoms with Gasteiger partial charge in [-0.25, -0.2) is 14.5 Å². The molecule has 1 N–H and O–H groups in total. The van der Waals surface area contributed by atoms with Gasteiger partial charge in [-0.15, -0.1) is 0 Å². The summed E-state index contributed by atoms with van der Waals surface area (Å²) in [6.45, 7) is 6.54. The number of likely N-dealkylation sites (tertiary alicyclic amines) is 1. The third-order valence-electron chi connectivity index (χ3n) is 6.34. The van der Waals surface area contributed by atoms with Crippen molar-refractivity contribution < 1.29 is 14.7 Å². The third-order valence-corrected chi connectivity index (χ3v) is 6.34. The fourth-order valence-electron chi connectivity index (χ4n) is 4.80. The molecule has 1 saturated heterocycles. The second-order valence-electron chi connectivity index (χ2n) is 7.99. The molecule has 4 atom stereocenters. The van der Waals surface area contributed by atoms with Crippen molar-refractivity contribution in [2.45, 2.75) is 58.5 Å². The number of aryl methyl sites for hydroxylation is 1. The van der Waals surface area contributed by atoms with E-state index in [-0.39, 0.29) is 17.9 Å². The van der Waals surface area contributed by atoms with Crippen LogP contribution in [0.1, 0.15) is 61.6 Å². The first-order valence-corrected chi connectivity index (χ1v) is 9.81. The number of carboxylic acids is 1. The maximum atomic E-state index is 13.4. The Morgan fingerprint density at radius 2 is 2.15 bits per heavy atom. The van der Waals surface area contributed by atoms with Crippen molar-refractivity contribution in [2.75, 3.05) is 6.54 Å². The van der Waals surface area contributed by atoms with E-state index in [1.807, 2.05) is 11.6 Å². The van der Waals surface area contributed by atoms with E-state index < -0.39 is 12.0 Å². The molecule has 2 aromatic rings. The number of carbonyl (C=O) groups is 2. The van der Waals surface area contributed by atoms with Crippen LogP contribution >= 0.6 is 0 Å². The summed E-state index contributed by atoms with van der Waals surface area (Å²) >= 11 is 0. The molecule has 27 heavy (non-hydrogen) atoms. The van der Waals surface area contributed by atoms with Crippen LogP contribution in [0.15, 0.2) is 12.3 Å². The summed E-state index contributed by atoms with van der Waals surface area (Å²) in [5.74, 6) is -0.727. The van der Waals surface area contributed by atoms with Gasteiger partial charge in [0, 0.05) is 12.2 Å². The van der Waals surface area contributed by atoms with Gasteiger partial charge in [0.1, 0.15) is 6.04 Å². The van der Waals surface area contributed by atoms with E-state index in [1.165, 1.54) is 0 Å². The lowest BCUT2D eigenvalue weighted by atomic mass is 9.94. The average molecular weight is 370 g/mol. The van der Waals surface area contributed by atoms with Crippen molar-refractivity contribution in [3.8, 4) is 0 Å². The average Bonchev–Trinajstić information content (AvgIpc) is 3.32. The van der Waals surface area contributed by atoms with Gasteiger partial charge in [-0.2, -0.15) is 5.10 Å². The zero-order valence-electron chi connectivity index (χ0n) is 16.1. The molecule has 4 rings (SSSR count). The molecule has 0 aromatic carbocycles. The van der Waals surface area contributed by atoms with E-state index in [2.05, 4.69) is 23.9 Å². The van der Waals surface area contributed by atoms with E-state index in [0.717, 1.165) is 31.4 Å². The first kappa shape index (κ1) is 17.9. The number of fused-ring (bicyclic) bond motifs is 2. The second kappa shape index (κ2) is 6.62. The van der Waals surface area contributed by atoms with Crippen LogP contribution in [-0.2, 0) is 4.79 Å². The zero-order valence-corrected chi connectivity index (χ0v) is 16.1. The van der Waals surface area contributed by atoms with Gasteiger partial charge in [0.15, 0.2) is 5.65 Å². The van der Waals surface area contributed by atoms with Crippen LogP contribution in [0.2, 0.25) is 0 Å². The molecule has 144 valence electrons. The smallest absolute Gasteiger partial charge is 0.326 e. The van der Waals surface area contributed by atoms with E-state index in [0.29, 0.717) is 29.1 Å². The highest BCUT2D eigenvalue weighted by Crippen LogP contribution is 2.43. The summed E-state index contributed by atoms with van der Waals surface area (Å²) in [7, 11) is 0. The molecule has 2 aliphatic rings. The maximum absolute atomic E-state index is 13.4. The molecule has 2 fully saturated rings. The SMILES string of the molecule is CCC(C)n1ncc2c(C(=O)N3CC4CCCC4C3C(=O)O)cc(C)nc21. The van der Waals surface area contributed by atoms with Crippen LogP contribution in [0, 0.1) is 18.8 Å². The van der Waals surface area contributed by atoms with E-state index >= 15 is 0 Å². The van der Waals surface area contributed by atoms with Gasteiger partial charge in [-0.05, 0) is 51.0 Å². The summed E-state index contributed by atoms with van der Waals surface area (Å²) in [5.41, 5.74) is 1.94. The molecule has 0 radical (unpaired) electrons. The molecule has 1 saturated carbocycles. The highest BCUT2D eigenvalue weighted by Gasteiger charge is 2.49. The first-order chi connectivity index (χ1) is 12.9. The van der Waals surface area contributed by atoms with E-state index in [4.69, 9.17) is 0 Å². The largest absolute Gasteiger partial charge is 0.480 e. The number of carboxylic acid groups (broad SMARTS) is 1. The number of aromatic nitrogens is 3. The number of carbonyl (C=O) groups excluding carboxylic acids is 1. The summed E-state index contributed by atoms with van der Waals surface area (Å²) in [4.78, 5) is 31.5. The minimum atomic E-state index is -0.893. The van der Waals surface area contributed by atoms with Gasteiger partial charge in [0.25, 0.3) is 5.91 Å². The van der Waals surface area contributed by atoms with Crippen LogP contribution in [0.3, 0.4) is 0 Å². The zero-order chi connectivity index (χ0) is 19.3. The lowest BCUT2D eigenvalue weighted by molar-refractivity contribution is -0.142. The minimum Gasteiger partial charge on any atom is -0.480 e. The van der Waals surface area contributed by atoms with E-state index in [9.17, 15) is 14.7 Å². The molecule has 1 aliphatic carbocycles. The monoisotopic (exact) mass is 370 g/mol. The number of pyridine rings is 1. The van der Waals surface area contributed by atoms with Crippen molar-refractivity contribution in [2.24, 2.45) is 11.8 Å². The highest BCUT2D eigenvalue weighted by atomic mass is 16.4. The first-order valence-electron chi connectivity index (χ1n) is 9.81. The lowest BCUT2D eigenvalue weighted by Crippen LogP contribution is -2.43. The van der Waals surface area contributed by atoms with Gasteiger partial charge < -0.3 is 10.0 Å². The molecule has 2 aromatic heterocycles. The molecular weight excluding hydrogens is 344 g/mol. The summed E-state index contributed by atoms with van der Waals surface area (Å²) in [6, 6.07) is 1.22. The third kappa shape index (κ3) is 2.80. The van der Waals surface area contributed by atoms with Crippen LogP contribution < -0.4 is 0 Å². The Balaban J connectivity index is 1.77. The van der Waals surface area contributed by atoms with E-state index in [1.54, 1.807) is 17.2 Å². The van der Waals surface area contributed by atoms with Crippen LogP contribution in [0.4, 0.5) is 0 Å². The number of hydrogen-bond donors (Lipinski definition) is 1. The molecule has 3 heterocycles. The summed E-state index contributed by atoms with van der Waals surface area (Å²) in [6.07, 6.45) is 5.55. The second-order valence-corrected chi connectivity index (χ2v) is 7.99. The molecule has 1 amide bonds. The van der Waals surface area contributed by atoms with Gasteiger partial charge in [-0.3, -0.25) is 4.79 Å². The Labute approximate surface area is 158 Å². The predicted octanol–water partition coefficient (Wildman–Crippen LogP) is 3.04. The van der Waals surface area contributed by atoms with Crippen molar-refractivity contribution in [3.63, 3.8) is 0 Å². The van der Waals surface area contributed by atoms with Crippen molar-refractivity contribution in [1.82, 2.24) is 19.7 Å². The Morgan fingerprint density at radius 1 is 1.37 bits per heavy atom. The molecule has 7 heteroatoms. The van der Waals surface area contributed by atoms with Gasteiger partial charge in [0.2, 0.25) is 0 Å². The topological polar surface area (TPSA) is 88.3 Å². The Bertz CT molecular complexity index is 906. The maximum Gasteiger partial charge on any atom is 0.326 e. The quantitative estimate of drug-likeness (QED) is 0.894. The van der Waals surface area contributed by atoms with Crippen molar-refractivity contribution in [1.29, 1.82) is 0 Å². The summed E-state index contributed by atoms with van der Waals surface area (Å²) < 4.78 is 1.85. The molecule has 0 bridgehead atoms. The van der Waals surface area contributed by atoms with Gasteiger partial charge >= 0.3 is 5.97 Å². The highest BCUT2D eigenvalue weighted by molar-refractivity contribution is 6.06. The Kier molecular flexibility index (Phi) is 4.40. The molecule has 4 unspecified atom stereocenters. The number of amides is 1. The Hall–Kier alpha value is -2.44. The van der Waals surface area contributed by atoms with Crippen molar-refractivity contribution >= 4 is 22.9 Å². The number of rotatable bonds is 4. The van der Waals surface area contributed by atoms with Crippen LogP contribution in [-0.4, -0.2) is 49.2 Å². The number of aliphatic carboxylic acids is 1. The minimum absolute atomic E-state index is 0.0766.